The van der Waals surface area contributed by atoms with E-state index in [-0.39, 0.29) is 0 Å². The smallest absolute Gasteiger partial charge is 0.121 e. The molecule has 17 heavy (non-hydrogen) atoms. The van der Waals surface area contributed by atoms with Gasteiger partial charge in [0, 0.05) is 6.42 Å². The lowest BCUT2D eigenvalue weighted by Crippen LogP contribution is -2.22. The van der Waals surface area contributed by atoms with Gasteiger partial charge in [-0.2, -0.15) is 0 Å². The number of aryl methyl sites for hydroxylation is 1. The zero-order valence-corrected chi connectivity index (χ0v) is 12.0. The Balaban J connectivity index is 2.64. The van der Waals surface area contributed by atoms with Crippen LogP contribution in [0.5, 0.6) is 0 Å². The van der Waals surface area contributed by atoms with Crippen molar-refractivity contribution in [1.82, 2.24) is 5.32 Å². The molecule has 0 aliphatic rings. The topological polar surface area (TPSA) is 25.2 Å². The molecule has 1 unspecified atom stereocenters. The lowest BCUT2D eigenvalue weighted by atomic mass is 9.88. The predicted molar refractivity (Wildman–Crippen MR) is 73.2 cm³/mol. The van der Waals surface area contributed by atoms with Crippen molar-refractivity contribution < 1.29 is 4.42 Å². The van der Waals surface area contributed by atoms with Crippen LogP contribution in [0.3, 0.4) is 0 Å². The number of nitrogens with one attached hydrogen (secondary N) is 1. The van der Waals surface area contributed by atoms with Gasteiger partial charge in [-0.1, -0.05) is 34.6 Å². The summed E-state index contributed by atoms with van der Waals surface area (Å²) in [4.78, 5) is 0. The molecule has 1 aromatic heterocycles. The van der Waals surface area contributed by atoms with E-state index in [2.05, 4.69) is 52.1 Å². The second-order valence-electron chi connectivity index (χ2n) is 5.87. The van der Waals surface area contributed by atoms with Crippen LogP contribution in [-0.2, 0) is 6.42 Å². The molecule has 1 atom stereocenters. The minimum Gasteiger partial charge on any atom is -0.464 e. The Morgan fingerprint density at radius 2 is 1.94 bits per heavy atom. The van der Waals surface area contributed by atoms with Gasteiger partial charge in [0.1, 0.15) is 11.5 Å². The molecule has 0 saturated heterocycles. The maximum Gasteiger partial charge on any atom is 0.121 e. The van der Waals surface area contributed by atoms with E-state index >= 15 is 0 Å². The van der Waals surface area contributed by atoms with E-state index in [1.165, 1.54) is 6.42 Å². The largest absolute Gasteiger partial charge is 0.464 e. The fraction of sp³-hybridized carbons (Fsp3) is 0.733. The molecule has 0 fully saturated rings. The average molecular weight is 237 g/mol. The fourth-order valence-corrected chi connectivity index (χ4v) is 1.94. The molecule has 0 saturated carbocycles. The van der Waals surface area contributed by atoms with E-state index in [9.17, 15) is 0 Å². The second-order valence-corrected chi connectivity index (χ2v) is 5.87. The summed E-state index contributed by atoms with van der Waals surface area (Å²) < 4.78 is 5.85. The number of hydrogen-bond donors (Lipinski definition) is 1. The Hall–Kier alpha value is -0.760. The van der Waals surface area contributed by atoms with Crippen molar-refractivity contribution in [2.75, 3.05) is 6.54 Å². The summed E-state index contributed by atoms with van der Waals surface area (Å²) in [7, 11) is 0. The Labute approximate surface area is 106 Å². The minimum atomic E-state index is 0.361. The van der Waals surface area contributed by atoms with Crippen LogP contribution in [0, 0.1) is 5.41 Å². The van der Waals surface area contributed by atoms with Gasteiger partial charge in [-0.15, -0.1) is 0 Å². The molecule has 2 heteroatoms. The Morgan fingerprint density at radius 3 is 2.41 bits per heavy atom. The maximum atomic E-state index is 5.85. The lowest BCUT2D eigenvalue weighted by Gasteiger charge is -2.22. The Morgan fingerprint density at radius 1 is 1.24 bits per heavy atom. The Bertz CT molecular complexity index is 322. The first kappa shape index (κ1) is 14.3. The van der Waals surface area contributed by atoms with Crippen molar-refractivity contribution in [2.45, 2.75) is 59.9 Å². The SMILES string of the molecule is CCNC(CCC(C)(C)C)c1ccc(CC)o1. The molecule has 98 valence electrons. The van der Waals surface area contributed by atoms with Crippen molar-refractivity contribution in [3.63, 3.8) is 0 Å². The van der Waals surface area contributed by atoms with E-state index in [1.54, 1.807) is 0 Å². The summed E-state index contributed by atoms with van der Waals surface area (Å²) in [6.07, 6.45) is 3.30. The standard InChI is InChI=1S/C15H27NO/c1-6-12-8-9-14(17-12)13(16-7-2)10-11-15(3,4)5/h8-9,13,16H,6-7,10-11H2,1-5H3. The van der Waals surface area contributed by atoms with Crippen LogP contribution in [-0.4, -0.2) is 6.54 Å². The monoisotopic (exact) mass is 237 g/mol. The van der Waals surface area contributed by atoms with Crippen LogP contribution < -0.4 is 5.32 Å². The quantitative estimate of drug-likeness (QED) is 0.797. The fourth-order valence-electron chi connectivity index (χ4n) is 1.94. The van der Waals surface area contributed by atoms with E-state index in [4.69, 9.17) is 4.42 Å². The van der Waals surface area contributed by atoms with Crippen LogP contribution in [0.25, 0.3) is 0 Å². The van der Waals surface area contributed by atoms with Crippen LogP contribution >= 0.6 is 0 Å². The van der Waals surface area contributed by atoms with Crippen LogP contribution in [0.4, 0.5) is 0 Å². The zero-order valence-electron chi connectivity index (χ0n) is 12.0. The first-order valence-corrected chi connectivity index (χ1v) is 6.78. The lowest BCUT2D eigenvalue weighted by molar-refractivity contribution is 0.309. The van der Waals surface area contributed by atoms with E-state index in [0.29, 0.717) is 11.5 Å². The Kier molecular flexibility index (Phi) is 5.26. The first-order chi connectivity index (χ1) is 7.96. The van der Waals surface area contributed by atoms with Crippen molar-refractivity contribution in [1.29, 1.82) is 0 Å². The predicted octanol–water partition coefficient (Wildman–Crippen LogP) is 4.32. The van der Waals surface area contributed by atoms with Gasteiger partial charge < -0.3 is 9.73 Å². The highest BCUT2D eigenvalue weighted by Gasteiger charge is 2.18. The molecule has 1 N–H and O–H groups in total. The summed E-state index contributed by atoms with van der Waals surface area (Å²) in [6.45, 7) is 12.1. The molecule has 1 heterocycles. The van der Waals surface area contributed by atoms with Gasteiger partial charge in [-0.25, -0.2) is 0 Å². The number of hydrogen-bond acceptors (Lipinski definition) is 2. The second kappa shape index (κ2) is 6.25. The third-order valence-electron chi connectivity index (χ3n) is 3.01. The van der Waals surface area contributed by atoms with Crippen molar-refractivity contribution in [3.8, 4) is 0 Å². The average Bonchev–Trinajstić information content (AvgIpc) is 2.71. The van der Waals surface area contributed by atoms with Crippen molar-refractivity contribution in [3.05, 3.63) is 23.7 Å². The van der Waals surface area contributed by atoms with Gasteiger partial charge in [0.15, 0.2) is 0 Å². The molecule has 1 aromatic rings. The molecule has 0 aromatic carbocycles. The molecule has 1 rings (SSSR count). The molecular formula is C15H27NO. The highest BCUT2D eigenvalue weighted by Crippen LogP contribution is 2.28. The molecule has 0 aliphatic carbocycles. The molecule has 0 radical (unpaired) electrons. The van der Waals surface area contributed by atoms with Gasteiger partial charge in [0.25, 0.3) is 0 Å². The summed E-state index contributed by atoms with van der Waals surface area (Å²) in [5.41, 5.74) is 0.383. The molecule has 0 aliphatic heterocycles. The van der Waals surface area contributed by atoms with E-state index < -0.39 is 0 Å². The first-order valence-electron chi connectivity index (χ1n) is 6.78. The highest BCUT2D eigenvalue weighted by molar-refractivity contribution is 5.10. The molecule has 0 spiro atoms. The summed E-state index contributed by atoms with van der Waals surface area (Å²) >= 11 is 0. The third-order valence-corrected chi connectivity index (χ3v) is 3.01. The van der Waals surface area contributed by atoms with Gasteiger partial charge >= 0.3 is 0 Å². The van der Waals surface area contributed by atoms with Crippen LogP contribution in [0.2, 0.25) is 0 Å². The molecule has 0 amide bonds. The maximum absolute atomic E-state index is 5.85. The van der Waals surface area contributed by atoms with Gasteiger partial charge in [0.2, 0.25) is 0 Å². The molecule has 0 bridgehead atoms. The number of rotatable bonds is 6. The van der Waals surface area contributed by atoms with Gasteiger partial charge in [-0.05, 0) is 36.9 Å². The molecule has 2 nitrogen and oxygen atoms in total. The van der Waals surface area contributed by atoms with Gasteiger partial charge in [0.05, 0.1) is 6.04 Å². The van der Waals surface area contributed by atoms with Gasteiger partial charge in [-0.3, -0.25) is 0 Å². The van der Waals surface area contributed by atoms with Crippen molar-refractivity contribution in [2.24, 2.45) is 5.41 Å². The van der Waals surface area contributed by atoms with Crippen LogP contribution in [0.1, 0.15) is 65.0 Å². The van der Waals surface area contributed by atoms with Crippen LogP contribution in [0.15, 0.2) is 16.5 Å². The number of furan rings is 1. The van der Waals surface area contributed by atoms with Crippen molar-refractivity contribution >= 4 is 0 Å². The van der Waals surface area contributed by atoms with E-state index in [1.807, 2.05) is 0 Å². The zero-order chi connectivity index (χ0) is 12.9. The summed E-state index contributed by atoms with van der Waals surface area (Å²) in [5.74, 6) is 2.17. The molecular weight excluding hydrogens is 210 g/mol. The highest BCUT2D eigenvalue weighted by atomic mass is 16.3. The normalized spacial score (nSPS) is 13.9. The summed E-state index contributed by atoms with van der Waals surface area (Å²) in [6, 6.07) is 4.57. The minimum absolute atomic E-state index is 0.361. The summed E-state index contributed by atoms with van der Waals surface area (Å²) in [5, 5.41) is 3.52. The van der Waals surface area contributed by atoms with E-state index in [0.717, 1.165) is 30.9 Å². The third kappa shape index (κ3) is 4.95.